The lowest BCUT2D eigenvalue weighted by Gasteiger charge is -2.13. The average Bonchev–Trinajstić information content (AvgIpc) is 2.46. The van der Waals surface area contributed by atoms with Crippen LogP contribution in [0.3, 0.4) is 0 Å². The van der Waals surface area contributed by atoms with Crippen molar-refractivity contribution in [3.05, 3.63) is 65.0 Å². The van der Waals surface area contributed by atoms with Crippen molar-refractivity contribution in [1.29, 1.82) is 0 Å². The van der Waals surface area contributed by atoms with Crippen LogP contribution in [0.15, 0.2) is 42.5 Å². The molecule has 100 valence electrons. The van der Waals surface area contributed by atoms with E-state index in [1.165, 1.54) is 19.2 Å². The highest BCUT2D eigenvalue weighted by atomic mass is 19.1. The first-order chi connectivity index (χ1) is 9.15. The molecule has 1 unspecified atom stereocenters. The van der Waals surface area contributed by atoms with Crippen LogP contribution in [0.25, 0.3) is 0 Å². The quantitative estimate of drug-likeness (QED) is 0.888. The molecule has 0 spiro atoms. The van der Waals surface area contributed by atoms with Gasteiger partial charge in [0.1, 0.15) is 6.10 Å². The van der Waals surface area contributed by atoms with Gasteiger partial charge in [-0.15, -0.1) is 0 Å². The summed E-state index contributed by atoms with van der Waals surface area (Å²) in [5, 5.41) is 10.2. The van der Waals surface area contributed by atoms with Crippen LogP contribution in [0.5, 0.6) is 5.75 Å². The van der Waals surface area contributed by atoms with Gasteiger partial charge in [0.2, 0.25) is 0 Å². The minimum absolute atomic E-state index is 0.162. The summed E-state index contributed by atoms with van der Waals surface area (Å²) in [5.41, 5.74) is 7.68. The van der Waals surface area contributed by atoms with Crippen LogP contribution in [0.4, 0.5) is 4.39 Å². The molecule has 19 heavy (non-hydrogen) atoms. The molecule has 0 saturated carbocycles. The van der Waals surface area contributed by atoms with Gasteiger partial charge in [0.25, 0.3) is 0 Å². The number of hydrogen-bond donors (Lipinski definition) is 2. The van der Waals surface area contributed by atoms with Crippen LogP contribution in [-0.2, 0) is 6.54 Å². The van der Waals surface area contributed by atoms with Crippen molar-refractivity contribution < 1.29 is 14.2 Å². The third-order valence-electron chi connectivity index (χ3n) is 3.02. The largest absolute Gasteiger partial charge is 0.494 e. The maximum atomic E-state index is 13.6. The standard InChI is InChI=1S/C15H16FNO2/c1-19-14-7-6-12(8-13(14)16)15(18)11-4-2-10(9-17)3-5-11/h2-8,15,18H,9,17H2,1H3. The Kier molecular flexibility index (Phi) is 4.14. The van der Waals surface area contributed by atoms with Crippen molar-refractivity contribution in [1.82, 2.24) is 0 Å². The SMILES string of the molecule is COc1ccc(C(O)c2ccc(CN)cc2)cc1F. The Bertz CT molecular complexity index is 555. The fourth-order valence-corrected chi connectivity index (χ4v) is 1.88. The Morgan fingerprint density at radius 2 is 1.79 bits per heavy atom. The van der Waals surface area contributed by atoms with Crippen LogP contribution >= 0.6 is 0 Å². The van der Waals surface area contributed by atoms with E-state index in [1.807, 2.05) is 12.1 Å². The first kappa shape index (κ1) is 13.5. The molecule has 0 heterocycles. The maximum absolute atomic E-state index is 13.6. The molecule has 2 aromatic carbocycles. The third-order valence-corrected chi connectivity index (χ3v) is 3.02. The summed E-state index contributed by atoms with van der Waals surface area (Å²) in [6.45, 7) is 0.452. The van der Waals surface area contributed by atoms with Crippen molar-refractivity contribution in [3.8, 4) is 5.75 Å². The molecule has 0 aliphatic rings. The topological polar surface area (TPSA) is 55.5 Å². The first-order valence-electron chi connectivity index (χ1n) is 5.96. The highest BCUT2D eigenvalue weighted by molar-refractivity contribution is 5.36. The van der Waals surface area contributed by atoms with E-state index in [0.717, 1.165) is 5.56 Å². The van der Waals surface area contributed by atoms with Gasteiger partial charge in [-0.1, -0.05) is 30.3 Å². The second kappa shape index (κ2) is 5.82. The van der Waals surface area contributed by atoms with Crippen molar-refractivity contribution in [2.45, 2.75) is 12.6 Å². The van der Waals surface area contributed by atoms with Gasteiger partial charge >= 0.3 is 0 Å². The number of nitrogens with two attached hydrogens (primary N) is 1. The lowest BCUT2D eigenvalue weighted by atomic mass is 10.00. The Labute approximate surface area is 111 Å². The van der Waals surface area contributed by atoms with E-state index >= 15 is 0 Å². The second-order valence-corrected chi connectivity index (χ2v) is 4.24. The summed E-state index contributed by atoms with van der Waals surface area (Å²) in [7, 11) is 1.40. The molecule has 4 heteroatoms. The summed E-state index contributed by atoms with van der Waals surface area (Å²) in [6.07, 6.45) is -0.868. The fraction of sp³-hybridized carbons (Fsp3) is 0.200. The highest BCUT2D eigenvalue weighted by Gasteiger charge is 2.13. The van der Waals surface area contributed by atoms with Crippen molar-refractivity contribution in [3.63, 3.8) is 0 Å². The molecule has 3 N–H and O–H groups in total. The molecule has 0 aliphatic carbocycles. The number of rotatable bonds is 4. The van der Waals surface area contributed by atoms with Crippen LogP contribution in [0.1, 0.15) is 22.8 Å². The van der Waals surface area contributed by atoms with Gasteiger partial charge in [0.05, 0.1) is 7.11 Å². The summed E-state index contributed by atoms with van der Waals surface area (Å²) in [4.78, 5) is 0. The molecule has 0 aliphatic heterocycles. The van der Waals surface area contributed by atoms with E-state index < -0.39 is 11.9 Å². The predicted octanol–water partition coefficient (Wildman–Crippen LogP) is 2.37. The molecule has 0 bridgehead atoms. The van der Waals surface area contributed by atoms with Crippen LogP contribution in [0.2, 0.25) is 0 Å². The van der Waals surface area contributed by atoms with Gasteiger partial charge in [0.15, 0.2) is 11.6 Å². The molecule has 0 aromatic heterocycles. The van der Waals surface area contributed by atoms with Gasteiger partial charge in [-0.3, -0.25) is 0 Å². The monoisotopic (exact) mass is 261 g/mol. The zero-order chi connectivity index (χ0) is 13.8. The Morgan fingerprint density at radius 3 is 2.32 bits per heavy atom. The molecule has 2 rings (SSSR count). The number of ether oxygens (including phenoxy) is 1. The van der Waals surface area contributed by atoms with Gasteiger partial charge in [-0.2, -0.15) is 0 Å². The fourth-order valence-electron chi connectivity index (χ4n) is 1.88. The minimum atomic E-state index is -0.868. The second-order valence-electron chi connectivity index (χ2n) is 4.24. The number of halogens is 1. The summed E-state index contributed by atoms with van der Waals surface area (Å²) < 4.78 is 18.4. The van der Waals surface area contributed by atoms with Crippen LogP contribution < -0.4 is 10.5 Å². The summed E-state index contributed by atoms with van der Waals surface area (Å²) in [5.74, 6) is -0.327. The van der Waals surface area contributed by atoms with E-state index in [1.54, 1.807) is 18.2 Å². The lowest BCUT2D eigenvalue weighted by molar-refractivity contribution is 0.219. The zero-order valence-electron chi connectivity index (χ0n) is 10.6. The number of aliphatic hydroxyl groups is 1. The van der Waals surface area contributed by atoms with Crippen molar-refractivity contribution in [2.75, 3.05) is 7.11 Å². The third kappa shape index (κ3) is 2.92. The van der Waals surface area contributed by atoms with Crippen molar-refractivity contribution >= 4 is 0 Å². The van der Waals surface area contributed by atoms with E-state index in [9.17, 15) is 9.50 Å². The van der Waals surface area contributed by atoms with Gasteiger partial charge in [-0.25, -0.2) is 4.39 Å². The smallest absolute Gasteiger partial charge is 0.165 e. The molecule has 0 radical (unpaired) electrons. The Balaban J connectivity index is 2.27. The van der Waals surface area contributed by atoms with Crippen molar-refractivity contribution in [2.24, 2.45) is 5.73 Å². The van der Waals surface area contributed by atoms with Gasteiger partial charge in [0, 0.05) is 6.54 Å². The van der Waals surface area contributed by atoms with Gasteiger partial charge in [-0.05, 0) is 28.8 Å². The zero-order valence-corrected chi connectivity index (χ0v) is 10.6. The summed E-state index contributed by atoms with van der Waals surface area (Å²) in [6, 6.07) is 11.7. The molecule has 1 atom stereocenters. The minimum Gasteiger partial charge on any atom is -0.494 e. The Hall–Kier alpha value is -1.91. The highest BCUT2D eigenvalue weighted by Crippen LogP contribution is 2.26. The molecule has 0 fully saturated rings. The van der Waals surface area contributed by atoms with E-state index in [0.29, 0.717) is 17.7 Å². The average molecular weight is 261 g/mol. The maximum Gasteiger partial charge on any atom is 0.165 e. The number of hydrogen-bond acceptors (Lipinski definition) is 3. The molecule has 0 saturated heterocycles. The van der Waals surface area contributed by atoms with Gasteiger partial charge < -0.3 is 15.6 Å². The Morgan fingerprint density at radius 1 is 1.16 bits per heavy atom. The normalized spacial score (nSPS) is 12.2. The molecular formula is C15H16FNO2. The lowest BCUT2D eigenvalue weighted by Crippen LogP contribution is -2.02. The molecule has 2 aromatic rings. The molecule has 0 amide bonds. The van der Waals surface area contributed by atoms with E-state index in [4.69, 9.17) is 10.5 Å². The molecular weight excluding hydrogens is 245 g/mol. The van der Waals surface area contributed by atoms with E-state index in [-0.39, 0.29) is 5.75 Å². The number of methoxy groups -OCH3 is 1. The summed E-state index contributed by atoms with van der Waals surface area (Å²) >= 11 is 0. The predicted molar refractivity (Wildman–Crippen MR) is 71.3 cm³/mol. The van der Waals surface area contributed by atoms with E-state index in [2.05, 4.69) is 0 Å². The number of aliphatic hydroxyl groups excluding tert-OH is 1. The van der Waals surface area contributed by atoms with Crippen LogP contribution in [-0.4, -0.2) is 12.2 Å². The van der Waals surface area contributed by atoms with Crippen LogP contribution in [0, 0.1) is 5.82 Å². The first-order valence-corrected chi connectivity index (χ1v) is 5.96. The number of benzene rings is 2. The molecule has 3 nitrogen and oxygen atoms in total.